The molecule has 1 rings (SSSR count). The van der Waals surface area contributed by atoms with Crippen molar-refractivity contribution in [3.8, 4) is 0 Å². The van der Waals surface area contributed by atoms with Gasteiger partial charge in [0.05, 0.1) is 0 Å². The Balaban J connectivity index is 2.88. The SMILES string of the molecule is CN(N)/C(=N\N)c1ccc(CCN)cc1. The molecule has 1 aromatic rings. The molecule has 0 aliphatic carbocycles. The molecule has 0 amide bonds. The van der Waals surface area contributed by atoms with Gasteiger partial charge in [-0.15, -0.1) is 0 Å². The summed E-state index contributed by atoms with van der Waals surface area (Å²) in [4.78, 5) is 0. The van der Waals surface area contributed by atoms with Gasteiger partial charge in [-0.05, 0) is 18.5 Å². The molecule has 0 bridgehead atoms. The van der Waals surface area contributed by atoms with Crippen LogP contribution in [0.2, 0.25) is 0 Å². The van der Waals surface area contributed by atoms with Crippen molar-refractivity contribution in [1.82, 2.24) is 5.01 Å². The number of rotatable bonds is 3. The van der Waals surface area contributed by atoms with Crippen molar-refractivity contribution >= 4 is 5.84 Å². The minimum Gasteiger partial charge on any atom is -0.330 e. The maximum Gasteiger partial charge on any atom is 0.169 e. The molecule has 5 heteroatoms. The molecule has 5 nitrogen and oxygen atoms in total. The monoisotopic (exact) mass is 207 g/mol. The molecule has 15 heavy (non-hydrogen) atoms. The third-order valence-electron chi connectivity index (χ3n) is 2.10. The van der Waals surface area contributed by atoms with E-state index >= 15 is 0 Å². The van der Waals surface area contributed by atoms with E-state index in [2.05, 4.69) is 5.10 Å². The largest absolute Gasteiger partial charge is 0.330 e. The zero-order valence-corrected chi connectivity index (χ0v) is 8.85. The van der Waals surface area contributed by atoms with Gasteiger partial charge in [-0.1, -0.05) is 24.3 Å². The summed E-state index contributed by atoms with van der Waals surface area (Å²) in [5.41, 5.74) is 7.54. The predicted octanol–water partition coefficient (Wildman–Crippen LogP) is -0.386. The van der Waals surface area contributed by atoms with E-state index in [0.29, 0.717) is 12.4 Å². The number of hydrogen-bond acceptors (Lipinski definition) is 4. The lowest BCUT2D eigenvalue weighted by molar-refractivity contribution is 0.537. The Morgan fingerprint density at radius 1 is 1.33 bits per heavy atom. The van der Waals surface area contributed by atoms with Gasteiger partial charge in [-0.2, -0.15) is 5.10 Å². The molecule has 1 aromatic carbocycles. The molecule has 0 saturated carbocycles. The van der Waals surface area contributed by atoms with Gasteiger partial charge >= 0.3 is 0 Å². The summed E-state index contributed by atoms with van der Waals surface area (Å²) in [6.45, 7) is 0.647. The van der Waals surface area contributed by atoms with Gasteiger partial charge in [0.25, 0.3) is 0 Å². The summed E-state index contributed by atoms with van der Waals surface area (Å²) in [5, 5.41) is 5.01. The number of hydrazine groups is 1. The molecular formula is C10H17N5. The second-order valence-corrected chi connectivity index (χ2v) is 3.30. The molecule has 0 spiro atoms. The lowest BCUT2D eigenvalue weighted by Crippen LogP contribution is -2.34. The van der Waals surface area contributed by atoms with Gasteiger partial charge in [0.1, 0.15) is 0 Å². The number of amidine groups is 1. The van der Waals surface area contributed by atoms with Crippen LogP contribution in [0.5, 0.6) is 0 Å². The highest BCUT2D eigenvalue weighted by Gasteiger charge is 2.05. The standard InChI is InChI=1S/C10H17N5/c1-15(13)10(14-12)9-4-2-8(3-5-9)6-7-11/h2-5H,6-7,11-13H2,1H3/b14-10-. The number of nitrogens with zero attached hydrogens (tertiary/aromatic N) is 2. The van der Waals surface area contributed by atoms with Crippen molar-refractivity contribution in [2.45, 2.75) is 6.42 Å². The summed E-state index contributed by atoms with van der Waals surface area (Å²) < 4.78 is 0. The minimum absolute atomic E-state index is 0.550. The quantitative estimate of drug-likeness (QED) is 0.272. The Bertz CT molecular complexity index is 328. The van der Waals surface area contributed by atoms with Gasteiger partial charge in [-0.3, -0.25) is 5.01 Å². The number of benzene rings is 1. The van der Waals surface area contributed by atoms with Crippen molar-refractivity contribution in [2.75, 3.05) is 13.6 Å². The van der Waals surface area contributed by atoms with Crippen LogP contribution >= 0.6 is 0 Å². The highest BCUT2D eigenvalue weighted by atomic mass is 15.4. The molecule has 0 heterocycles. The van der Waals surface area contributed by atoms with Gasteiger partial charge < -0.3 is 11.6 Å². The molecule has 0 aromatic heterocycles. The molecule has 0 radical (unpaired) electrons. The molecule has 0 aliphatic heterocycles. The smallest absolute Gasteiger partial charge is 0.169 e. The van der Waals surface area contributed by atoms with E-state index in [9.17, 15) is 0 Å². The lowest BCUT2D eigenvalue weighted by atomic mass is 10.1. The Hall–Kier alpha value is -1.59. The van der Waals surface area contributed by atoms with E-state index < -0.39 is 0 Å². The lowest BCUT2D eigenvalue weighted by Gasteiger charge is -2.14. The highest BCUT2D eigenvalue weighted by Crippen LogP contribution is 2.06. The molecular weight excluding hydrogens is 190 g/mol. The third kappa shape index (κ3) is 2.93. The Labute approximate surface area is 89.5 Å². The zero-order chi connectivity index (χ0) is 11.3. The van der Waals surface area contributed by atoms with Crippen LogP contribution < -0.4 is 17.4 Å². The number of hydrazone groups is 1. The first-order valence-corrected chi connectivity index (χ1v) is 4.74. The Kier molecular flexibility index (Phi) is 4.08. The van der Waals surface area contributed by atoms with E-state index in [4.69, 9.17) is 17.4 Å². The van der Waals surface area contributed by atoms with Gasteiger partial charge in [-0.25, -0.2) is 5.84 Å². The molecule has 0 aliphatic rings. The van der Waals surface area contributed by atoms with Crippen molar-refractivity contribution in [1.29, 1.82) is 0 Å². The van der Waals surface area contributed by atoms with Crippen LogP contribution in [-0.2, 0) is 6.42 Å². The molecule has 82 valence electrons. The van der Waals surface area contributed by atoms with Crippen molar-refractivity contribution in [3.05, 3.63) is 35.4 Å². The molecule has 0 fully saturated rings. The summed E-state index contributed by atoms with van der Waals surface area (Å²) in [5.74, 6) is 11.4. The van der Waals surface area contributed by atoms with E-state index in [-0.39, 0.29) is 0 Å². The van der Waals surface area contributed by atoms with Crippen molar-refractivity contribution in [2.24, 2.45) is 22.5 Å². The van der Waals surface area contributed by atoms with E-state index in [1.165, 1.54) is 10.6 Å². The first kappa shape index (κ1) is 11.5. The third-order valence-corrected chi connectivity index (χ3v) is 2.10. The Morgan fingerprint density at radius 2 is 1.93 bits per heavy atom. The summed E-state index contributed by atoms with van der Waals surface area (Å²) in [6, 6.07) is 7.86. The first-order chi connectivity index (χ1) is 7.19. The Morgan fingerprint density at radius 3 is 2.33 bits per heavy atom. The predicted molar refractivity (Wildman–Crippen MR) is 61.9 cm³/mol. The molecule has 0 saturated heterocycles. The maximum atomic E-state index is 5.58. The van der Waals surface area contributed by atoms with Crippen LogP contribution in [0.25, 0.3) is 0 Å². The normalized spacial score (nSPS) is 11.5. The van der Waals surface area contributed by atoms with Gasteiger partial charge in [0.15, 0.2) is 5.84 Å². The summed E-state index contributed by atoms with van der Waals surface area (Å²) in [6.07, 6.45) is 0.869. The van der Waals surface area contributed by atoms with Crippen LogP contribution in [0, 0.1) is 0 Å². The summed E-state index contributed by atoms with van der Waals surface area (Å²) in [7, 11) is 1.69. The van der Waals surface area contributed by atoms with Gasteiger partial charge in [0.2, 0.25) is 0 Å². The van der Waals surface area contributed by atoms with Crippen LogP contribution in [0.1, 0.15) is 11.1 Å². The number of nitrogens with two attached hydrogens (primary N) is 3. The van der Waals surface area contributed by atoms with E-state index in [0.717, 1.165) is 12.0 Å². The van der Waals surface area contributed by atoms with E-state index in [1.54, 1.807) is 7.05 Å². The second kappa shape index (κ2) is 5.33. The fourth-order valence-electron chi connectivity index (χ4n) is 1.36. The fraction of sp³-hybridized carbons (Fsp3) is 0.300. The molecule has 0 unspecified atom stereocenters. The topological polar surface area (TPSA) is 93.7 Å². The van der Waals surface area contributed by atoms with E-state index in [1.807, 2.05) is 24.3 Å². The second-order valence-electron chi connectivity index (χ2n) is 3.30. The average molecular weight is 207 g/mol. The summed E-state index contributed by atoms with van der Waals surface area (Å²) >= 11 is 0. The highest BCUT2D eigenvalue weighted by molar-refractivity contribution is 5.98. The minimum atomic E-state index is 0.550. The average Bonchev–Trinajstić information content (AvgIpc) is 2.21. The molecule has 0 atom stereocenters. The fourth-order valence-corrected chi connectivity index (χ4v) is 1.36. The number of hydrogen-bond donors (Lipinski definition) is 3. The van der Waals surface area contributed by atoms with Crippen LogP contribution in [-0.4, -0.2) is 24.4 Å². The van der Waals surface area contributed by atoms with Crippen molar-refractivity contribution < 1.29 is 0 Å². The van der Waals surface area contributed by atoms with Gasteiger partial charge in [0, 0.05) is 12.6 Å². The zero-order valence-electron chi connectivity index (χ0n) is 8.85. The van der Waals surface area contributed by atoms with Crippen LogP contribution in [0.4, 0.5) is 0 Å². The maximum absolute atomic E-state index is 5.58. The van der Waals surface area contributed by atoms with Crippen LogP contribution in [0.15, 0.2) is 29.4 Å². The molecule has 6 N–H and O–H groups in total. The van der Waals surface area contributed by atoms with Crippen molar-refractivity contribution in [3.63, 3.8) is 0 Å². The van der Waals surface area contributed by atoms with Crippen LogP contribution in [0.3, 0.4) is 0 Å². The first-order valence-electron chi connectivity index (χ1n) is 4.74.